The first-order chi connectivity index (χ1) is 12.0. The quantitative estimate of drug-likeness (QED) is 0.802. The number of piperidine rings is 1. The summed E-state index contributed by atoms with van der Waals surface area (Å²) in [5.74, 6) is -0.0350. The van der Waals surface area contributed by atoms with E-state index in [1.807, 2.05) is 52.0 Å². The lowest BCUT2D eigenvalue weighted by molar-refractivity contribution is 0.0163. The topological polar surface area (TPSA) is 66.9 Å². The van der Waals surface area contributed by atoms with Crippen molar-refractivity contribution in [3.63, 3.8) is 0 Å². The van der Waals surface area contributed by atoms with Crippen LogP contribution in [0.2, 0.25) is 0 Å². The second-order valence-corrected chi connectivity index (χ2v) is 10.0. The molecular formula is C19H30N2O4S. The number of sulfonamides is 1. The zero-order chi connectivity index (χ0) is 19.5. The van der Waals surface area contributed by atoms with E-state index in [0.29, 0.717) is 13.1 Å². The van der Waals surface area contributed by atoms with Crippen LogP contribution in [-0.4, -0.2) is 55.5 Å². The second-order valence-electron chi connectivity index (χ2n) is 7.98. The molecule has 26 heavy (non-hydrogen) atoms. The molecule has 0 unspecified atom stereocenters. The summed E-state index contributed by atoms with van der Waals surface area (Å²) in [6.07, 6.45) is 1.11. The van der Waals surface area contributed by atoms with Crippen molar-refractivity contribution in [1.82, 2.24) is 9.21 Å². The Morgan fingerprint density at radius 1 is 1.27 bits per heavy atom. The van der Waals surface area contributed by atoms with Gasteiger partial charge >= 0.3 is 6.09 Å². The van der Waals surface area contributed by atoms with Gasteiger partial charge in [-0.05, 0) is 46.1 Å². The normalized spacial score (nSPS) is 18.8. The number of benzene rings is 1. The molecule has 0 N–H and O–H groups in total. The Hall–Kier alpha value is -1.60. The van der Waals surface area contributed by atoms with E-state index in [4.69, 9.17) is 4.74 Å². The Morgan fingerprint density at radius 2 is 1.88 bits per heavy atom. The molecule has 1 aromatic rings. The third kappa shape index (κ3) is 5.71. The number of aryl methyl sites for hydroxylation is 1. The van der Waals surface area contributed by atoms with Gasteiger partial charge in [-0.3, -0.25) is 0 Å². The molecule has 0 saturated carbocycles. The van der Waals surface area contributed by atoms with Gasteiger partial charge in [-0.1, -0.05) is 29.8 Å². The van der Waals surface area contributed by atoms with Gasteiger partial charge in [0.15, 0.2) is 0 Å². The van der Waals surface area contributed by atoms with E-state index in [9.17, 15) is 13.2 Å². The molecule has 0 radical (unpaired) electrons. The summed E-state index contributed by atoms with van der Waals surface area (Å²) >= 11 is 0. The van der Waals surface area contributed by atoms with Crippen molar-refractivity contribution in [2.75, 3.05) is 20.1 Å². The summed E-state index contributed by atoms with van der Waals surface area (Å²) in [4.78, 5) is 13.9. The van der Waals surface area contributed by atoms with E-state index >= 15 is 0 Å². The van der Waals surface area contributed by atoms with Crippen LogP contribution in [0.15, 0.2) is 24.3 Å². The predicted octanol–water partition coefficient (Wildman–Crippen LogP) is 3.16. The Bertz CT molecular complexity index is 723. The second kappa shape index (κ2) is 7.96. The fourth-order valence-electron chi connectivity index (χ4n) is 2.97. The number of carbonyl (C=O) groups is 1. The van der Waals surface area contributed by atoms with Gasteiger partial charge in [0.05, 0.1) is 5.75 Å². The summed E-state index contributed by atoms with van der Waals surface area (Å²) in [5, 5.41) is 0. The van der Waals surface area contributed by atoms with E-state index < -0.39 is 15.6 Å². The van der Waals surface area contributed by atoms with Gasteiger partial charge < -0.3 is 9.64 Å². The SMILES string of the molecule is Cc1ccc(CS(=O)(=O)N(C)[C@@H]2CCCN(C(=O)OC(C)(C)C)C2)cc1. The van der Waals surface area contributed by atoms with Gasteiger partial charge in [0, 0.05) is 26.2 Å². The highest BCUT2D eigenvalue weighted by atomic mass is 32.2. The summed E-state index contributed by atoms with van der Waals surface area (Å²) in [6, 6.07) is 7.28. The molecule has 0 bridgehead atoms. The predicted molar refractivity (Wildman–Crippen MR) is 102 cm³/mol. The van der Waals surface area contributed by atoms with Crippen LogP contribution in [-0.2, 0) is 20.5 Å². The number of amides is 1. The van der Waals surface area contributed by atoms with E-state index in [1.165, 1.54) is 4.31 Å². The highest BCUT2D eigenvalue weighted by Gasteiger charge is 2.33. The van der Waals surface area contributed by atoms with Crippen molar-refractivity contribution in [3.05, 3.63) is 35.4 Å². The summed E-state index contributed by atoms with van der Waals surface area (Å²) in [7, 11) is -1.85. The van der Waals surface area contributed by atoms with E-state index in [1.54, 1.807) is 11.9 Å². The molecule has 1 aliphatic rings. The monoisotopic (exact) mass is 382 g/mol. The Kier molecular flexibility index (Phi) is 6.34. The maximum Gasteiger partial charge on any atom is 0.410 e. The van der Waals surface area contributed by atoms with Crippen molar-refractivity contribution >= 4 is 16.1 Å². The molecule has 1 aliphatic heterocycles. The molecular weight excluding hydrogens is 352 g/mol. The Labute approximate surface area is 157 Å². The molecule has 7 heteroatoms. The highest BCUT2D eigenvalue weighted by Crippen LogP contribution is 2.21. The lowest BCUT2D eigenvalue weighted by Gasteiger charge is -2.37. The van der Waals surface area contributed by atoms with Gasteiger partial charge in [-0.25, -0.2) is 13.2 Å². The van der Waals surface area contributed by atoms with E-state index in [2.05, 4.69) is 0 Å². The van der Waals surface area contributed by atoms with Crippen molar-refractivity contribution < 1.29 is 17.9 Å². The first-order valence-electron chi connectivity index (χ1n) is 8.97. The number of ether oxygens (including phenoxy) is 1. The zero-order valence-corrected chi connectivity index (χ0v) is 17.2. The number of rotatable bonds is 4. The highest BCUT2D eigenvalue weighted by molar-refractivity contribution is 7.88. The number of carbonyl (C=O) groups excluding carboxylic acids is 1. The van der Waals surface area contributed by atoms with Gasteiger partial charge in [0.25, 0.3) is 0 Å². The number of nitrogens with zero attached hydrogens (tertiary/aromatic N) is 2. The minimum Gasteiger partial charge on any atom is -0.444 e. The minimum atomic E-state index is -3.46. The standard InChI is InChI=1S/C19H30N2O4S/c1-15-8-10-16(11-9-15)14-26(23,24)20(5)17-7-6-12-21(13-17)18(22)25-19(2,3)4/h8-11,17H,6-7,12-14H2,1-5H3/t17-/m1/s1. The minimum absolute atomic E-state index is 0.0350. The third-order valence-electron chi connectivity index (χ3n) is 4.47. The number of likely N-dealkylation sites (N-methyl/N-ethyl adjacent to an activating group) is 1. The van der Waals surface area contributed by atoms with Gasteiger partial charge in [-0.15, -0.1) is 0 Å². The average molecular weight is 383 g/mol. The van der Waals surface area contributed by atoms with Crippen LogP contribution in [0.4, 0.5) is 4.79 Å². The molecule has 1 heterocycles. The summed E-state index contributed by atoms with van der Waals surface area (Å²) < 4.78 is 32.4. The molecule has 0 aliphatic carbocycles. The Morgan fingerprint density at radius 3 is 2.46 bits per heavy atom. The largest absolute Gasteiger partial charge is 0.444 e. The first kappa shape index (κ1) is 20.7. The van der Waals surface area contributed by atoms with Crippen LogP contribution in [0.3, 0.4) is 0 Å². The van der Waals surface area contributed by atoms with E-state index in [-0.39, 0.29) is 17.9 Å². The molecule has 1 amide bonds. The van der Waals surface area contributed by atoms with Crippen LogP contribution in [0.25, 0.3) is 0 Å². The van der Waals surface area contributed by atoms with Crippen LogP contribution in [0.5, 0.6) is 0 Å². The fraction of sp³-hybridized carbons (Fsp3) is 0.632. The smallest absolute Gasteiger partial charge is 0.410 e. The molecule has 1 fully saturated rings. The zero-order valence-electron chi connectivity index (χ0n) is 16.4. The van der Waals surface area contributed by atoms with Crippen molar-refractivity contribution in [2.24, 2.45) is 0 Å². The van der Waals surface area contributed by atoms with Crippen LogP contribution < -0.4 is 0 Å². The van der Waals surface area contributed by atoms with Crippen molar-refractivity contribution in [2.45, 2.75) is 57.9 Å². The number of hydrogen-bond donors (Lipinski definition) is 0. The molecule has 146 valence electrons. The first-order valence-corrected chi connectivity index (χ1v) is 10.6. The molecule has 0 spiro atoms. The molecule has 6 nitrogen and oxygen atoms in total. The van der Waals surface area contributed by atoms with Crippen molar-refractivity contribution in [3.8, 4) is 0 Å². The summed E-state index contributed by atoms with van der Waals surface area (Å²) in [6.45, 7) is 8.40. The number of hydrogen-bond acceptors (Lipinski definition) is 4. The lowest BCUT2D eigenvalue weighted by atomic mass is 10.1. The third-order valence-corrected chi connectivity index (χ3v) is 6.34. The van der Waals surface area contributed by atoms with Gasteiger partial charge in [-0.2, -0.15) is 4.31 Å². The molecule has 1 atom stereocenters. The Balaban J connectivity index is 2.04. The molecule has 1 saturated heterocycles. The molecule has 1 aromatic carbocycles. The van der Waals surface area contributed by atoms with E-state index in [0.717, 1.165) is 24.0 Å². The lowest BCUT2D eigenvalue weighted by Crippen LogP contribution is -2.51. The number of likely N-dealkylation sites (tertiary alicyclic amines) is 1. The fourth-order valence-corrected chi connectivity index (χ4v) is 4.41. The molecule has 2 rings (SSSR count). The molecule has 0 aromatic heterocycles. The van der Waals surface area contributed by atoms with Crippen molar-refractivity contribution in [1.29, 1.82) is 0 Å². The maximum absolute atomic E-state index is 12.8. The van der Waals surface area contributed by atoms with Crippen LogP contribution in [0, 0.1) is 6.92 Å². The van der Waals surface area contributed by atoms with Gasteiger partial charge in [0.1, 0.15) is 5.60 Å². The van der Waals surface area contributed by atoms with Crippen LogP contribution >= 0.6 is 0 Å². The summed E-state index contributed by atoms with van der Waals surface area (Å²) in [5.41, 5.74) is 1.30. The van der Waals surface area contributed by atoms with Crippen LogP contribution in [0.1, 0.15) is 44.7 Å². The maximum atomic E-state index is 12.8. The average Bonchev–Trinajstić information content (AvgIpc) is 2.54. The van der Waals surface area contributed by atoms with Gasteiger partial charge in [0.2, 0.25) is 10.0 Å².